The lowest BCUT2D eigenvalue weighted by Gasteiger charge is -2.22. The van der Waals surface area contributed by atoms with Crippen LogP contribution in [-0.2, 0) is 0 Å². The summed E-state index contributed by atoms with van der Waals surface area (Å²) in [6, 6.07) is 6.31. The number of aliphatic hydroxyl groups is 1. The molecule has 1 N–H and O–H groups in total. The van der Waals surface area contributed by atoms with Crippen molar-refractivity contribution in [1.29, 1.82) is 0 Å². The molecule has 0 amide bonds. The lowest BCUT2D eigenvalue weighted by atomic mass is 10.0. The second-order valence-electron chi connectivity index (χ2n) is 4.72. The maximum absolute atomic E-state index is 10.1. The van der Waals surface area contributed by atoms with Crippen LogP contribution in [0.5, 0.6) is 0 Å². The highest BCUT2D eigenvalue weighted by atomic mass is 16.3. The van der Waals surface area contributed by atoms with E-state index < -0.39 is 0 Å². The van der Waals surface area contributed by atoms with Crippen LogP contribution in [0.25, 0.3) is 0 Å². The molecule has 0 aliphatic carbocycles. The van der Waals surface area contributed by atoms with Crippen molar-refractivity contribution in [2.45, 2.75) is 18.9 Å². The number of rotatable bonds is 1. The van der Waals surface area contributed by atoms with E-state index in [0.717, 1.165) is 36.3 Å². The molecule has 0 spiro atoms. The molecule has 1 aromatic rings. The molecule has 0 radical (unpaired) electrons. The van der Waals surface area contributed by atoms with E-state index in [1.165, 1.54) is 0 Å². The lowest BCUT2D eigenvalue weighted by Crippen LogP contribution is -2.18. The van der Waals surface area contributed by atoms with Gasteiger partial charge in [0.25, 0.3) is 0 Å². The van der Waals surface area contributed by atoms with Gasteiger partial charge in [0.2, 0.25) is 0 Å². The monoisotopic (exact) mass is 220 g/mol. The van der Waals surface area contributed by atoms with E-state index in [2.05, 4.69) is 35.0 Å². The number of aliphatic hydroxyl groups excluding tert-OH is 1. The minimum atomic E-state index is -0.320. The van der Waals surface area contributed by atoms with Gasteiger partial charge in [0, 0.05) is 44.6 Å². The number of hydrogen-bond donors (Lipinski definition) is 1. The predicted octanol–water partition coefficient (Wildman–Crippen LogP) is 2.02. The van der Waals surface area contributed by atoms with Crippen LogP contribution in [0.2, 0.25) is 0 Å². The summed E-state index contributed by atoms with van der Waals surface area (Å²) in [6.45, 7) is 1.02. The second kappa shape index (κ2) is 4.34. The minimum Gasteiger partial charge on any atom is -0.388 e. The molecule has 1 heterocycles. The number of benzene rings is 1. The highest BCUT2D eigenvalue weighted by Crippen LogP contribution is 2.34. The van der Waals surface area contributed by atoms with Crippen molar-refractivity contribution in [2.75, 3.05) is 37.5 Å². The van der Waals surface area contributed by atoms with Gasteiger partial charge in [0.15, 0.2) is 0 Å². The molecule has 0 saturated heterocycles. The van der Waals surface area contributed by atoms with Crippen LogP contribution in [0.15, 0.2) is 18.2 Å². The summed E-state index contributed by atoms with van der Waals surface area (Å²) in [4.78, 5) is 4.29. The van der Waals surface area contributed by atoms with Crippen LogP contribution in [0.4, 0.5) is 11.4 Å². The van der Waals surface area contributed by atoms with Crippen LogP contribution in [0.3, 0.4) is 0 Å². The van der Waals surface area contributed by atoms with E-state index in [-0.39, 0.29) is 6.10 Å². The summed E-state index contributed by atoms with van der Waals surface area (Å²) in [5, 5.41) is 10.1. The maximum Gasteiger partial charge on any atom is 0.0811 e. The zero-order valence-electron chi connectivity index (χ0n) is 10.3. The Morgan fingerprint density at radius 3 is 2.81 bits per heavy atom. The standard InChI is InChI=1S/C13H20N2O/c1-14(2)10-6-7-12-11(9-10)13(16)5-4-8-15(12)3/h6-7,9,13,16H,4-5,8H2,1-3H3. The summed E-state index contributed by atoms with van der Waals surface area (Å²) in [5.74, 6) is 0. The molecule has 1 unspecified atom stereocenters. The molecule has 2 rings (SSSR count). The average Bonchev–Trinajstić information content (AvgIpc) is 2.40. The molecule has 1 atom stereocenters. The third-order valence-electron chi connectivity index (χ3n) is 3.27. The van der Waals surface area contributed by atoms with Crippen molar-refractivity contribution in [2.24, 2.45) is 0 Å². The van der Waals surface area contributed by atoms with Gasteiger partial charge in [-0.2, -0.15) is 0 Å². The molecule has 1 aliphatic heterocycles. The van der Waals surface area contributed by atoms with E-state index in [0.29, 0.717) is 0 Å². The number of nitrogens with zero attached hydrogens (tertiary/aromatic N) is 2. The first-order valence-electron chi connectivity index (χ1n) is 5.80. The molecule has 16 heavy (non-hydrogen) atoms. The number of hydrogen-bond acceptors (Lipinski definition) is 3. The average molecular weight is 220 g/mol. The Hall–Kier alpha value is -1.22. The summed E-state index contributed by atoms with van der Waals surface area (Å²) in [5.41, 5.74) is 3.37. The summed E-state index contributed by atoms with van der Waals surface area (Å²) in [7, 11) is 6.13. The molecular formula is C13H20N2O. The second-order valence-corrected chi connectivity index (χ2v) is 4.72. The quantitative estimate of drug-likeness (QED) is 0.784. The van der Waals surface area contributed by atoms with E-state index in [4.69, 9.17) is 0 Å². The number of fused-ring (bicyclic) bond motifs is 1. The normalized spacial score (nSPS) is 20.2. The zero-order chi connectivity index (χ0) is 11.7. The molecule has 0 fully saturated rings. The fourth-order valence-electron chi connectivity index (χ4n) is 2.23. The largest absolute Gasteiger partial charge is 0.388 e. The minimum absolute atomic E-state index is 0.320. The molecule has 0 aromatic heterocycles. The molecule has 0 saturated carbocycles. The fraction of sp³-hybridized carbons (Fsp3) is 0.538. The van der Waals surface area contributed by atoms with Gasteiger partial charge in [-0.15, -0.1) is 0 Å². The van der Waals surface area contributed by atoms with Gasteiger partial charge in [-0.05, 0) is 31.0 Å². The highest BCUT2D eigenvalue weighted by Gasteiger charge is 2.19. The number of anilines is 2. The third kappa shape index (κ3) is 2.00. The van der Waals surface area contributed by atoms with E-state index in [1.54, 1.807) is 0 Å². The highest BCUT2D eigenvalue weighted by molar-refractivity contribution is 5.62. The first-order valence-corrected chi connectivity index (χ1v) is 5.80. The Morgan fingerprint density at radius 1 is 1.38 bits per heavy atom. The third-order valence-corrected chi connectivity index (χ3v) is 3.27. The van der Waals surface area contributed by atoms with Crippen molar-refractivity contribution in [3.63, 3.8) is 0 Å². The van der Waals surface area contributed by atoms with Gasteiger partial charge in [-0.1, -0.05) is 0 Å². The molecule has 3 heteroatoms. The van der Waals surface area contributed by atoms with E-state index in [1.807, 2.05) is 14.1 Å². The molecule has 3 nitrogen and oxygen atoms in total. The Morgan fingerprint density at radius 2 is 2.12 bits per heavy atom. The van der Waals surface area contributed by atoms with Gasteiger partial charge in [0.1, 0.15) is 0 Å². The van der Waals surface area contributed by atoms with Crippen molar-refractivity contribution >= 4 is 11.4 Å². The van der Waals surface area contributed by atoms with Crippen LogP contribution in [-0.4, -0.2) is 32.8 Å². The fourth-order valence-corrected chi connectivity index (χ4v) is 2.23. The van der Waals surface area contributed by atoms with Crippen LogP contribution in [0, 0.1) is 0 Å². The molecule has 0 bridgehead atoms. The van der Waals surface area contributed by atoms with Crippen LogP contribution >= 0.6 is 0 Å². The predicted molar refractivity (Wildman–Crippen MR) is 68.2 cm³/mol. The smallest absolute Gasteiger partial charge is 0.0811 e. The Labute approximate surface area is 97.3 Å². The van der Waals surface area contributed by atoms with Crippen molar-refractivity contribution in [3.05, 3.63) is 23.8 Å². The molecule has 88 valence electrons. The Bertz CT molecular complexity index is 376. The Balaban J connectivity index is 2.45. The van der Waals surface area contributed by atoms with Gasteiger partial charge >= 0.3 is 0 Å². The van der Waals surface area contributed by atoms with Crippen molar-refractivity contribution < 1.29 is 5.11 Å². The Kier molecular flexibility index (Phi) is 3.06. The molecular weight excluding hydrogens is 200 g/mol. The summed E-state index contributed by atoms with van der Waals surface area (Å²) < 4.78 is 0. The first kappa shape index (κ1) is 11.3. The van der Waals surface area contributed by atoms with Gasteiger partial charge in [0.05, 0.1) is 6.10 Å². The molecule has 1 aromatic carbocycles. The van der Waals surface area contributed by atoms with E-state index in [9.17, 15) is 5.11 Å². The van der Waals surface area contributed by atoms with Crippen LogP contribution < -0.4 is 9.80 Å². The summed E-state index contributed by atoms with van der Waals surface area (Å²) in [6.07, 6.45) is 1.58. The zero-order valence-corrected chi connectivity index (χ0v) is 10.3. The SMILES string of the molecule is CN(C)c1ccc2c(c1)C(O)CCCN2C. The van der Waals surface area contributed by atoms with Crippen molar-refractivity contribution in [3.8, 4) is 0 Å². The van der Waals surface area contributed by atoms with E-state index >= 15 is 0 Å². The lowest BCUT2D eigenvalue weighted by molar-refractivity contribution is 0.168. The molecule has 1 aliphatic rings. The first-order chi connectivity index (χ1) is 7.59. The van der Waals surface area contributed by atoms with Crippen LogP contribution in [0.1, 0.15) is 24.5 Å². The maximum atomic E-state index is 10.1. The summed E-state index contributed by atoms with van der Waals surface area (Å²) >= 11 is 0. The van der Waals surface area contributed by atoms with Crippen molar-refractivity contribution in [1.82, 2.24) is 0 Å². The van der Waals surface area contributed by atoms with Gasteiger partial charge in [-0.3, -0.25) is 0 Å². The van der Waals surface area contributed by atoms with Gasteiger partial charge < -0.3 is 14.9 Å². The van der Waals surface area contributed by atoms with Gasteiger partial charge in [-0.25, -0.2) is 0 Å². The topological polar surface area (TPSA) is 26.7 Å².